The number of aromatic nitrogens is 1. The largest absolute Gasteiger partial charge is 0.359 e. The van der Waals surface area contributed by atoms with Crippen molar-refractivity contribution in [2.45, 2.75) is 25.8 Å². The molecule has 1 unspecified atom stereocenters. The third kappa shape index (κ3) is 6.19. The van der Waals surface area contributed by atoms with Gasteiger partial charge in [0.2, 0.25) is 0 Å². The van der Waals surface area contributed by atoms with Gasteiger partial charge in [0.15, 0.2) is 5.56 Å². The zero-order chi connectivity index (χ0) is 20.5. The molecule has 1 aromatic heterocycles. The van der Waals surface area contributed by atoms with Gasteiger partial charge in [-0.2, -0.15) is 0 Å². The van der Waals surface area contributed by atoms with E-state index in [0.29, 0.717) is 36.8 Å². The van der Waals surface area contributed by atoms with Crippen molar-refractivity contribution in [3.63, 3.8) is 0 Å². The van der Waals surface area contributed by atoms with Crippen LogP contribution in [-0.4, -0.2) is 35.8 Å². The van der Waals surface area contributed by atoms with Gasteiger partial charge in [-0.05, 0) is 50.1 Å². The molecule has 0 fully saturated rings. The smallest absolute Gasteiger partial charge is 0.270 e. The molecule has 1 aromatic carbocycles. The Kier molecular flexibility index (Phi) is 8.70. The van der Waals surface area contributed by atoms with Gasteiger partial charge in [-0.1, -0.05) is 23.7 Å². The van der Waals surface area contributed by atoms with Crippen molar-refractivity contribution in [1.82, 2.24) is 10.3 Å². The molecule has 2 rings (SSSR count). The zero-order valence-corrected chi connectivity index (χ0v) is 17.3. The average molecular weight is 424 g/mol. The minimum atomic E-state index is -0.605. The highest BCUT2D eigenvalue weighted by Gasteiger charge is 2.19. The van der Waals surface area contributed by atoms with E-state index in [2.05, 4.69) is 15.6 Å². The number of nitrogens with zero attached hydrogens (tertiary/aromatic N) is 1. The van der Waals surface area contributed by atoms with Gasteiger partial charge in [0, 0.05) is 30.4 Å². The molecule has 0 aliphatic rings. The van der Waals surface area contributed by atoms with Crippen molar-refractivity contribution in [2.75, 3.05) is 24.3 Å². The van der Waals surface area contributed by atoms with Crippen LogP contribution in [-0.2, 0) is 4.74 Å². The molecule has 28 heavy (non-hydrogen) atoms. The summed E-state index contributed by atoms with van der Waals surface area (Å²) >= 11 is 11.8. The van der Waals surface area contributed by atoms with Crippen LogP contribution >= 0.6 is 23.2 Å². The number of halogens is 2. The van der Waals surface area contributed by atoms with E-state index in [1.54, 1.807) is 37.3 Å². The van der Waals surface area contributed by atoms with E-state index in [4.69, 9.17) is 27.9 Å². The lowest BCUT2D eigenvalue weighted by Crippen LogP contribution is -2.29. The Hall–Kier alpha value is -2.15. The third-order valence-corrected chi connectivity index (χ3v) is 4.45. The number of hydrogen-bond acceptors (Lipinski definition) is 4. The normalized spacial score (nSPS) is 11.7. The molecule has 2 aromatic rings. The molecule has 1 heterocycles. The first-order valence-corrected chi connectivity index (χ1v) is 9.92. The first-order chi connectivity index (χ1) is 13.5. The average Bonchev–Trinajstić information content (AvgIpc) is 2.68. The fraction of sp³-hybridized carbons (Fsp3) is 0.350. The van der Waals surface area contributed by atoms with Crippen molar-refractivity contribution in [2.24, 2.45) is 0 Å². The minimum absolute atomic E-state index is 0.0766. The molecule has 0 radical (unpaired) electrons. The van der Waals surface area contributed by atoms with Gasteiger partial charge in [-0.25, -0.2) is 4.98 Å². The molecule has 2 amide bonds. The highest BCUT2D eigenvalue weighted by atomic mass is 35.5. The maximum atomic E-state index is 12.8. The molecular weight excluding hydrogens is 401 g/mol. The molecule has 0 aliphatic heterocycles. The van der Waals surface area contributed by atoms with Crippen molar-refractivity contribution in [3.05, 3.63) is 58.9 Å². The minimum Gasteiger partial charge on any atom is -0.359 e. The van der Waals surface area contributed by atoms with Crippen LogP contribution in [0.2, 0.25) is 0 Å². The number of amides is 2. The lowest BCUT2D eigenvalue weighted by molar-refractivity contribution is 0.0935. The predicted octanol–water partition coefficient (Wildman–Crippen LogP) is 4.27. The maximum absolute atomic E-state index is 12.8. The fourth-order valence-corrected chi connectivity index (χ4v) is 2.86. The van der Waals surface area contributed by atoms with Crippen LogP contribution in [0.1, 0.15) is 51.0 Å². The van der Waals surface area contributed by atoms with Crippen LogP contribution in [0.5, 0.6) is 0 Å². The van der Waals surface area contributed by atoms with E-state index < -0.39 is 17.4 Å². The van der Waals surface area contributed by atoms with Gasteiger partial charge < -0.3 is 15.4 Å². The van der Waals surface area contributed by atoms with Crippen molar-refractivity contribution in [1.29, 1.82) is 0 Å². The van der Waals surface area contributed by atoms with Gasteiger partial charge in [0.05, 0.1) is 5.56 Å². The predicted molar refractivity (Wildman–Crippen MR) is 111 cm³/mol. The van der Waals surface area contributed by atoms with E-state index in [9.17, 15) is 9.59 Å². The van der Waals surface area contributed by atoms with Crippen molar-refractivity contribution < 1.29 is 14.3 Å². The monoisotopic (exact) mass is 423 g/mol. The number of rotatable bonds is 9. The second-order valence-electron chi connectivity index (χ2n) is 6.00. The van der Waals surface area contributed by atoms with Gasteiger partial charge in [0.25, 0.3) is 11.8 Å². The number of pyridine rings is 1. The second-order valence-corrected chi connectivity index (χ2v) is 6.77. The number of hydrogen-bond donors (Lipinski definition) is 2. The number of alkyl halides is 2. The summed E-state index contributed by atoms with van der Waals surface area (Å²) in [6, 6.07) is 10.3. The summed E-state index contributed by atoms with van der Waals surface area (Å²) in [6.45, 7) is 4.50. The van der Waals surface area contributed by atoms with Crippen molar-refractivity contribution in [3.8, 4) is 0 Å². The Morgan fingerprint density at radius 3 is 2.71 bits per heavy atom. The molecule has 0 spiro atoms. The molecule has 2 N–H and O–H groups in total. The quantitative estimate of drug-likeness (QED) is 0.465. The highest BCUT2D eigenvalue weighted by molar-refractivity contribution is 6.20. The molecule has 150 valence electrons. The number of carbonyl (C=O) groups is 2. The first kappa shape index (κ1) is 22.1. The Morgan fingerprint density at radius 2 is 2.00 bits per heavy atom. The van der Waals surface area contributed by atoms with Crippen LogP contribution in [0.25, 0.3) is 0 Å². The summed E-state index contributed by atoms with van der Waals surface area (Å²) in [5.74, 6) is -0.409. The van der Waals surface area contributed by atoms with Crippen LogP contribution in [0.3, 0.4) is 0 Å². The SMILES string of the molecule is CCOC(Cl)c1cccc(NC(=O)c2ccc(C)nc2C(=O)NCCCCl)c1. The molecule has 0 aliphatic carbocycles. The van der Waals surface area contributed by atoms with Gasteiger partial charge in [0.1, 0.15) is 5.69 Å². The highest BCUT2D eigenvalue weighted by Crippen LogP contribution is 2.24. The van der Waals surface area contributed by atoms with Gasteiger partial charge in [-0.15, -0.1) is 11.6 Å². The number of benzene rings is 1. The van der Waals surface area contributed by atoms with E-state index in [1.165, 1.54) is 0 Å². The van der Waals surface area contributed by atoms with Crippen molar-refractivity contribution >= 4 is 40.7 Å². The molecule has 1 atom stereocenters. The first-order valence-electron chi connectivity index (χ1n) is 8.95. The zero-order valence-electron chi connectivity index (χ0n) is 15.8. The standard InChI is InChI=1S/C20H23Cl2N3O3/c1-3-28-18(22)14-6-4-7-15(12-14)25-19(26)16-9-8-13(2)24-17(16)20(27)23-11-5-10-21/h4,6-9,12,18H,3,5,10-11H2,1-2H3,(H,23,27)(H,25,26). The van der Waals surface area contributed by atoms with Gasteiger partial charge >= 0.3 is 0 Å². The number of anilines is 1. The number of ether oxygens (including phenoxy) is 1. The lowest BCUT2D eigenvalue weighted by atomic mass is 10.1. The van der Waals surface area contributed by atoms with E-state index in [1.807, 2.05) is 13.0 Å². The maximum Gasteiger partial charge on any atom is 0.270 e. The van der Waals surface area contributed by atoms with Crippen LogP contribution in [0.15, 0.2) is 36.4 Å². The summed E-state index contributed by atoms with van der Waals surface area (Å²) in [6.07, 6.45) is 0.632. The topological polar surface area (TPSA) is 80.3 Å². The molecule has 8 heteroatoms. The summed E-state index contributed by atoms with van der Waals surface area (Å²) in [5.41, 5.74) is 1.57. The summed E-state index contributed by atoms with van der Waals surface area (Å²) in [7, 11) is 0. The Labute approximate surface area is 174 Å². The fourth-order valence-electron chi connectivity index (χ4n) is 2.46. The van der Waals surface area contributed by atoms with Crippen LogP contribution in [0, 0.1) is 6.92 Å². The summed E-state index contributed by atoms with van der Waals surface area (Å²) in [4.78, 5) is 29.4. The molecule has 0 saturated heterocycles. The third-order valence-electron chi connectivity index (χ3n) is 3.81. The van der Waals surface area contributed by atoms with E-state index in [-0.39, 0.29) is 11.3 Å². The number of aryl methyl sites for hydroxylation is 1. The molecule has 6 nitrogen and oxygen atoms in total. The number of nitrogens with one attached hydrogen (secondary N) is 2. The van der Waals surface area contributed by atoms with Crippen LogP contribution < -0.4 is 10.6 Å². The molecule has 0 bridgehead atoms. The summed E-state index contributed by atoms with van der Waals surface area (Å²) < 4.78 is 5.36. The van der Waals surface area contributed by atoms with E-state index >= 15 is 0 Å². The summed E-state index contributed by atoms with van der Waals surface area (Å²) in [5, 5.41) is 5.51. The Morgan fingerprint density at radius 1 is 1.21 bits per heavy atom. The van der Waals surface area contributed by atoms with E-state index in [0.717, 1.165) is 5.56 Å². The van der Waals surface area contributed by atoms with Crippen LogP contribution in [0.4, 0.5) is 5.69 Å². The Bertz CT molecular complexity index is 830. The van der Waals surface area contributed by atoms with Gasteiger partial charge in [-0.3, -0.25) is 9.59 Å². The molecular formula is C20H23Cl2N3O3. The lowest BCUT2D eigenvalue weighted by Gasteiger charge is -2.13. The number of carbonyl (C=O) groups excluding carboxylic acids is 2. The Balaban J connectivity index is 2.20. The molecule has 0 saturated carbocycles. The second kappa shape index (κ2) is 11.0.